The summed E-state index contributed by atoms with van der Waals surface area (Å²) < 4.78 is 15.6. The summed E-state index contributed by atoms with van der Waals surface area (Å²) in [7, 11) is 1.32. The highest BCUT2D eigenvalue weighted by atomic mass is 16.6. The summed E-state index contributed by atoms with van der Waals surface area (Å²) in [5, 5.41) is 2.67. The maximum Gasteiger partial charge on any atom is 0.414 e. The molecule has 8 nitrogen and oxygen atoms in total. The van der Waals surface area contributed by atoms with E-state index in [9.17, 15) is 14.4 Å². The molecule has 1 fully saturated rings. The topological polar surface area (TPSA) is 94.2 Å². The van der Waals surface area contributed by atoms with Gasteiger partial charge in [0.25, 0.3) is 0 Å². The molecule has 3 rings (SSSR count). The summed E-state index contributed by atoms with van der Waals surface area (Å²) in [4.78, 5) is 36.1. The van der Waals surface area contributed by atoms with E-state index in [4.69, 9.17) is 9.47 Å². The lowest BCUT2D eigenvalue weighted by Gasteiger charge is -2.14. The number of amides is 2. The van der Waals surface area contributed by atoms with Crippen LogP contribution in [0.25, 0.3) is 0 Å². The second-order valence-electron chi connectivity index (χ2n) is 6.17. The van der Waals surface area contributed by atoms with Gasteiger partial charge < -0.3 is 19.5 Å². The summed E-state index contributed by atoms with van der Waals surface area (Å²) in [5.74, 6) is -0.0246. The fourth-order valence-corrected chi connectivity index (χ4v) is 2.74. The van der Waals surface area contributed by atoms with Crippen molar-refractivity contribution in [2.45, 2.75) is 13.0 Å². The summed E-state index contributed by atoms with van der Waals surface area (Å²) in [6.45, 7) is 1.96. The van der Waals surface area contributed by atoms with Crippen LogP contribution in [-0.4, -0.2) is 44.3 Å². The van der Waals surface area contributed by atoms with Crippen LogP contribution in [0, 0.1) is 0 Å². The molecule has 0 bridgehead atoms. The Labute approximate surface area is 162 Å². The van der Waals surface area contributed by atoms with Crippen LogP contribution in [-0.2, 0) is 14.3 Å². The summed E-state index contributed by atoms with van der Waals surface area (Å²) >= 11 is 0. The molecule has 2 amide bonds. The molecule has 1 N–H and O–H groups in total. The maximum absolute atomic E-state index is 12.1. The molecule has 1 aliphatic heterocycles. The van der Waals surface area contributed by atoms with Crippen molar-refractivity contribution in [2.75, 3.05) is 30.5 Å². The Bertz CT molecular complexity index is 863. The van der Waals surface area contributed by atoms with Gasteiger partial charge in [-0.3, -0.25) is 9.69 Å². The first-order valence-corrected chi connectivity index (χ1v) is 8.63. The molecule has 0 saturated carbocycles. The highest BCUT2D eigenvalue weighted by Gasteiger charge is 2.32. The van der Waals surface area contributed by atoms with Crippen molar-refractivity contribution in [2.24, 2.45) is 0 Å². The summed E-state index contributed by atoms with van der Waals surface area (Å²) in [6.07, 6.45) is -0.885. The van der Waals surface area contributed by atoms with Gasteiger partial charge >= 0.3 is 12.1 Å². The van der Waals surface area contributed by atoms with E-state index in [-0.39, 0.29) is 12.5 Å². The highest BCUT2D eigenvalue weighted by molar-refractivity contribution is 5.92. The smallest absolute Gasteiger partial charge is 0.414 e. The number of hydrogen-bond acceptors (Lipinski definition) is 6. The van der Waals surface area contributed by atoms with Gasteiger partial charge in [-0.2, -0.15) is 0 Å². The second-order valence-corrected chi connectivity index (χ2v) is 6.17. The van der Waals surface area contributed by atoms with Crippen LogP contribution in [0.3, 0.4) is 0 Å². The van der Waals surface area contributed by atoms with E-state index in [1.807, 2.05) is 0 Å². The first-order chi connectivity index (χ1) is 13.5. The van der Waals surface area contributed by atoms with Crippen LogP contribution in [0.5, 0.6) is 5.75 Å². The minimum Gasteiger partial charge on any atom is -0.490 e. The first-order valence-electron chi connectivity index (χ1n) is 8.63. The molecule has 28 heavy (non-hydrogen) atoms. The number of benzene rings is 2. The molecular weight excluding hydrogens is 364 g/mol. The van der Waals surface area contributed by atoms with Gasteiger partial charge in [-0.25, -0.2) is 9.59 Å². The molecular formula is C20H20N2O6. The molecule has 1 unspecified atom stereocenters. The lowest BCUT2D eigenvalue weighted by molar-refractivity contribution is -0.114. The first kappa shape index (κ1) is 19.2. The number of nitrogens with one attached hydrogen (secondary N) is 1. The number of rotatable bonds is 6. The molecule has 0 spiro atoms. The van der Waals surface area contributed by atoms with Crippen LogP contribution in [0.4, 0.5) is 16.2 Å². The Morgan fingerprint density at radius 3 is 2.43 bits per heavy atom. The predicted octanol–water partition coefficient (Wildman–Crippen LogP) is 2.84. The zero-order valence-electron chi connectivity index (χ0n) is 15.5. The molecule has 1 aliphatic rings. The third-order valence-electron chi connectivity index (χ3n) is 4.08. The monoisotopic (exact) mass is 384 g/mol. The average molecular weight is 384 g/mol. The van der Waals surface area contributed by atoms with Crippen LogP contribution >= 0.6 is 0 Å². The van der Waals surface area contributed by atoms with E-state index in [0.29, 0.717) is 29.2 Å². The molecule has 1 atom stereocenters. The number of carbonyl (C=O) groups excluding carboxylic acids is 3. The fraction of sp³-hybridized carbons (Fsp3) is 0.250. The number of anilines is 2. The second kappa shape index (κ2) is 8.43. The Morgan fingerprint density at radius 2 is 1.82 bits per heavy atom. The number of methoxy groups -OCH3 is 1. The van der Waals surface area contributed by atoms with Crippen molar-refractivity contribution in [1.82, 2.24) is 0 Å². The third-order valence-corrected chi connectivity index (χ3v) is 4.08. The zero-order chi connectivity index (χ0) is 20.1. The Kier molecular flexibility index (Phi) is 5.78. The highest BCUT2D eigenvalue weighted by Crippen LogP contribution is 2.24. The Morgan fingerprint density at radius 1 is 1.14 bits per heavy atom. The van der Waals surface area contributed by atoms with E-state index in [0.717, 1.165) is 0 Å². The average Bonchev–Trinajstić information content (AvgIpc) is 3.07. The zero-order valence-corrected chi connectivity index (χ0v) is 15.5. The molecule has 0 radical (unpaired) electrons. The minimum atomic E-state index is -0.457. The van der Waals surface area contributed by atoms with Gasteiger partial charge in [0, 0.05) is 18.3 Å². The number of hydrogen-bond donors (Lipinski definition) is 1. The van der Waals surface area contributed by atoms with Crippen molar-refractivity contribution in [3.8, 4) is 5.75 Å². The third kappa shape index (κ3) is 4.59. The SMILES string of the molecule is COC(=O)c1ccc(OCC2CN(c3ccc(NC(C)=O)cc3)C(=O)O2)cc1. The summed E-state index contributed by atoms with van der Waals surface area (Å²) in [6, 6.07) is 13.4. The fourth-order valence-electron chi connectivity index (χ4n) is 2.74. The summed E-state index contributed by atoms with van der Waals surface area (Å²) in [5.41, 5.74) is 1.75. The van der Waals surface area contributed by atoms with E-state index < -0.39 is 18.2 Å². The van der Waals surface area contributed by atoms with Crippen LogP contribution in [0.1, 0.15) is 17.3 Å². The number of ether oxygens (including phenoxy) is 3. The van der Waals surface area contributed by atoms with E-state index in [1.165, 1.54) is 18.9 Å². The van der Waals surface area contributed by atoms with Crippen molar-refractivity contribution in [3.05, 3.63) is 54.1 Å². The number of nitrogens with zero attached hydrogens (tertiary/aromatic N) is 1. The van der Waals surface area contributed by atoms with Gasteiger partial charge in [0.1, 0.15) is 12.4 Å². The van der Waals surface area contributed by atoms with Crippen molar-refractivity contribution in [3.63, 3.8) is 0 Å². The van der Waals surface area contributed by atoms with Gasteiger partial charge in [-0.1, -0.05) is 0 Å². The van der Waals surface area contributed by atoms with E-state index >= 15 is 0 Å². The standard InChI is InChI=1S/C20H20N2O6/c1-13(23)21-15-5-7-16(8-6-15)22-11-18(28-20(22)25)12-27-17-9-3-14(4-10-17)19(24)26-2/h3-10,18H,11-12H2,1-2H3,(H,21,23). The molecule has 2 aromatic rings. The van der Waals surface area contributed by atoms with Crippen molar-refractivity contribution < 1.29 is 28.6 Å². The Hall–Kier alpha value is -3.55. The van der Waals surface area contributed by atoms with Gasteiger partial charge in [0.05, 0.1) is 19.2 Å². The van der Waals surface area contributed by atoms with Crippen LogP contribution in [0.2, 0.25) is 0 Å². The predicted molar refractivity (Wildman–Crippen MR) is 102 cm³/mol. The molecule has 0 aliphatic carbocycles. The lowest BCUT2D eigenvalue weighted by atomic mass is 10.2. The van der Waals surface area contributed by atoms with Crippen LogP contribution < -0.4 is 15.0 Å². The largest absolute Gasteiger partial charge is 0.490 e. The molecule has 1 saturated heterocycles. The Balaban J connectivity index is 1.55. The molecule has 8 heteroatoms. The number of cyclic esters (lactones) is 1. The van der Waals surface area contributed by atoms with Gasteiger partial charge in [0.2, 0.25) is 5.91 Å². The number of carbonyl (C=O) groups is 3. The van der Waals surface area contributed by atoms with E-state index in [1.54, 1.807) is 48.5 Å². The molecule has 146 valence electrons. The van der Waals surface area contributed by atoms with Crippen LogP contribution in [0.15, 0.2) is 48.5 Å². The van der Waals surface area contributed by atoms with Gasteiger partial charge in [-0.05, 0) is 48.5 Å². The van der Waals surface area contributed by atoms with Gasteiger partial charge in [0.15, 0.2) is 6.10 Å². The van der Waals surface area contributed by atoms with E-state index in [2.05, 4.69) is 10.1 Å². The molecule has 1 heterocycles. The normalized spacial score (nSPS) is 15.7. The maximum atomic E-state index is 12.1. The quantitative estimate of drug-likeness (QED) is 0.770. The lowest BCUT2D eigenvalue weighted by Crippen LogP contribution is -2.26. The molecule has 2 aromatic carbocycles. The molecule has 0 aromatic heterocycles. The van der Waals surface area contributed by atoms with Gasteiger partial charge in [-0.15, -0.1) is 0 Å². The van der Waals surface area contributed by atoms with Crippen molar-refractivity contribution >= 4 is 29.3 Å². The van der Waals surface area contributed by atoms with Crippen molar-refractivity contribution in [1.29, 1.82) is 0 Å². The number of esters is 1. The minimum absolute atomic E-state index is 0.162.